The van der Waals surface area contributed by atoms with E-state index in [0.717, 1.165) is 29.6 Å². The smallest absolute Gasteiger partial charge is 0.192 e. The fraction of sp³-hybridized carbons (Fsp3) is 0.667. The van der Waals surface area contributed by atoms with Crippen molar-refractivity contribution in [1.29, 1.82) is 0 Å². The molecule has 0 amide bonds. The van der Waals surface area contributed by atoms with Crippen molar-refractivity contribution in [2.45, 2.75) is 64.9 Å². The third kappa shape index (κ3) is 5.09. The quantitative estimate of drug-likeness (QED) is 0.675. The Morgan fingerprint density at radius 3 is 2.55 bits per heavy atom. The molecule has 2 nitrogen and oxygen atoms in total. The van der Waals surface area contributed by atoms with Gasteiger partial charge in [-0.1, -0.05) is 44.5 Å². The number of hydrogen-bond acceptors (Lipinski definition) is 2. The topological polar surface area (TPSA) is 21.3 Å². The second kappa shape index (κ2) is 7.04. The van der Waals surface area contributed by atoms with Gasteiger partial charge in [0.05, 0.1) is 6.61 Å². The number of hydrogen-bond donors (Lipinski definition) is 1. The van der Waals surface area contributed by atoms with Gasteiger partial charge in [0.1, 0.15) is 0 Å². The summed E-state index contributed by atoms with van der Waals surface area (Å²) in [6, 6.07) is 6.30. The Morgan fingerprint density at radius 1 is 1.27 bits per heavy atom. The molecular formula is C18H30ClNOSi. The third-order valence-corrected chi connectivity index (χ3v) is 9.81. The summed E-state index contributed by atoms with van der Waals surface area (Å²) < 4.78 is 6.30. The molecule has 1 N–H and O–H groups in total. The Kier molecular flexibility index (Phi) is 5.76. The molecule has 1 aromatic rings. The zero-order valence-corrected chi connectivity index (χ0v) is 16.4. The maximum absolute atomic E-state index is 6.35. The van der Waals surface area contributed by atoms with Crippen LogP contribution in [0.25, 0.3) is 0 Å². The van der Waals surface area contributed by atoms with E-state index in [-0.39, 0.29) is 5.04 Å². The lowest BCUT2D eigenvalue weighted by Crippen LogP contribution is -2.40. The molecule has 2 rings (SSSR count). The van der Waals surface area contributed by atoms with Gasteiger partial charge in [-0.05, 0) is 60.6 Å². The first kappa shape index (κ1) is 18.0. The lowest BCUT2D eigenvalue weighted by atomic mass is 10.1. The molecule has 0 radical (unpaired) electrons. The molecule has 0 aromatic heterocycles. The highest BCUT2D eigenvalue weighted by Crippen LogP contribution is 2.37. The van der Waals surface area contributed by atoms with Gasteiger partial charge in [0.15, 0.2) is 8.32 Å². The third-order valence-electron chi connectivity index (χ3n) is 4.96. The Morgan fingerprint density at radius 2 is 1.95 bits per heavy atom. The fourth-order valence-electron chi connectivity index (χ4n) is 2.07. The molecule has 22 heavy (non-hydrogen) atoms. The summed E-state index contributed by atoms with van der Waals surface area (Å²) in [6.07, 6.45) is 2.78. The maximum Gasteiger partial charge on any atom is 0.192 e. The number of benzene rings is 1. The number of halogens is 1. The summed E-state index contributed by atoms with van der Waals surface area (Å²) in [5, 5.41) is 4.57. The van der Waals surface area contributed by atoms with E-state index in [0.29, 0.717) is 6.61 Å². The normalized spacial score (nSPS) is 16.1. The minimum Gasteiger partial charge on any atom is -0.413 e. The van der Waals surface area contributed by atoms with E-state index in [9.17, 15) is 0 Å². The predicted octanol–water partition coefficient (Wildman–Crippen LogP) is 5.36. The van der Waals surface area contributed by atoms with E-state index in [1.165, 1.54) is 18.4 Å². The molecule has 0 aliphatic heterocycles. The maximum atomic E-state index is 6.35. The standard InChI is InChI=1S/C18H30ClNOSi/c1-18(2,3)22(4,5)21-13-16-10-15(8-9-17(16)19)12-20-11-14-6-7-14/h8-10,14,20H,6-7,11-13H2,1-5H3. The van der Waals surface area contributed by atoms with E-state index >= 15 is 0 Å². The lowest BCUT2D eigenvalue weighted by Gasteiger charge is -2.36. The van der Waals surface area contributed by atoms with Gasteiger partial charge in [-0.15, -0.1) is 0 Å². The van der Waals surface area contributed by atoms with E-state index in [2.05, 4.69) is 51.3 Å². The Labute approximate surface area is 141 Å². The summed E-state index contributed by atoms with van der Waals surface area (Å²) >= 11 is 6.35. The van der Waals surface area contributed by atoms with Gasteiger partial charge in [-0.3, -0.25) is 0 Å². The van der Waals surface area contributed by atoms with Gasteiger partial charge >= 0.3 is 0 Å². The van der Waals surface area contributed by atoms with Crippen molar-refractivity contribution in [3.05, 3.63) is 34.3 Å². The van der Waals surface area contributed by atoms with Crippen molar-refractivity contribution < 1.29 is 4.43 Å². The van der Waals surface area contributed by atoms with Gasteiger partial charge in [0, 0.05) is 11.6 Å². The largest absolute Gasteiger partial charge is 0.413 e. The van der Waals surface area contributed by atoms with Crippen LogP contribution in [0.5, 0.6) is 0 Å². The molecule has 0 unspecified atom stereocenters. The van der Waals surface area contributed by atoms with Crippen molar-refractivity contribution in [2.75, 3.05) is 6.54 Å². The van der Waals surface area contributed by atoms with E-state index < -0.39 is 8.32 Å². The Balaban J connectivity index is 1.94. The van der Waals surface area contributed by atoms with E-state index in [4.69, 9.17) is 16.0 Å². The minimum absolute atomic E-state index is 0.225. The van der Waals surface area contributed by atoms with Crippen molar-refractivity contribution in [2.24, 2.45) is 5.92 Å². The molecule has 1 aliphatic carbocycles. The highest BCUT2D eigenvalue weighted by Gasteiger charge is 2.37. The lowest BCUT2D eigenvalue weighted by molar-refractivity contribution is 0.276. The molecule has 0 heterocycles. The van der Waals surface area contributed by atoms with Crippen LogP contribution < -0.4 is 5.32 Å². The monoisotopic (exact) mass is 339 g/mol. The number of nitrogens with one attached hydrogen (secondary N) is 1. The van der Waals surface area contributed by atoms with Crippen LogP contribution in [0.4, 0.5) is 0 Å². The van der Waals surface area contributed by atoms with E-state index in [1.807, 2.05) is 6.07 Å². The first-order valence-corrected chi connectivity index (χ1v) is 11.6. The molecule has 0 spiro atoms. The van der Waals surface area contributed by atoms with Gasteiger partial charge in [-0.2, -0.15) is 0 Å². The van der Waals surface area contributed by atoms with Crippen LogP contribution in [0, 0.1) is 5.92 Å². The van der Waals surface area contributed by atoms with Gasteiger partial charge in [-0.25, -0.2) is 0 Å². The average molecular weight is 340 g/mol. The van der Waals surface area contributed by atoms with Crippen LogP contribution >= 0.6 is 11.6 Å². The molecule has 124 valence electrons. The molecule has 0 saturated heterocycles. The second-order valence-corrected chi connectivity index (χ2v) is 13.3. The van der Waals surface area contributed by atoms with Gasteiger partial charge in [0.2, 0.25) is 0 Å². The SMILES string of the molecule is CC(C)(C)[Si](C)(C)OCc1cc(CNCC2CC2)ccc1Cl. The van der Waals surface area contributed by atoms with Crippen LogP contribution in [0.3, 0.4) is 0 Å². The summed E-state index contributed by atoms with van der Waals surface area (Å²) in [7, 11) is -1.73. The average Bonchev–Trinajstić information content (AvgIpc) is 3.22. The summed E-state index contributed by atoms with van der Waals surface area (Å²) in [4.78, 5) is 0. The Hall–Kier alpha value is -0.353. The van der Waals surface area contributed by atoms with Crippen molar-refractivity contribution >= 4 is 19.9 Å². The molecule has 1 saturated carbocycles. The second-order valence-electron chi connectivity index (χ2n) is 8.05. The number of rotatable bonds is 7. The highest BCUT2D eigenvalue weighted by molar-refractivity contribution is 6.74. The molecule has 4 heteroatoms. The van der Waals surface area contributed by atoms with Crippen LogP contribution in [0.2, 0.25) is 23.2 Å². The van der Waals surface area contributed by atoms with Crippen LogP contribution in [0.1, 0.15) is 44.7 Å². The van der Waals surface area contributed by atoms with Crippen LogP contribution in [-0.4, -0.2) is 14.9 Å². The van der Waals surface area contributed by atoms with Gasteiger partial charge in [0.25, 0.3) is 0 Å². The van der Waals surface area contributed by atoms with Crippen molar-refractivity contribution in [1.82, 2.24) is 5.32 Å². The Bertz CT molecular complexity index is 506. The first-order valence-electron chi connectivity index (χ1n) is 8.31. The van der Waals surface area contributed by atoms with Gasteiger partial charge < -0.3 is 9.74 Å². The summed E-state index contributed by atoms with van der Waals surface area (Å²) in [5.41, 5.74) is 2.40. The molecule has 1 aromatic carbocycles. The van der Waals surface area contributed by atoms with Crippen molar-refractivity contribution in [3.63, 3.8) is 0 Å². The molecular weight excluding hydrogens is 310 g/mol. The highest BCUT2D eigenvalue weighted by atomic mass is 35.5. The van der Waals surface area contributed by atoms with Crippen LogP contribution in [-0.2, 0) is 17.6 Å². The molecule has 0 bridgehead atoms. The molecule has 0 atom stereocenters. The zero-order chi connectivity index (χ0) is 16.4. The van der Waals surface area contributed by atoms with Crippen LogP contribution in [0.15, 0.2) is 18.2 Å². The molecule has 1 fully saturated rings. The van der Waals surface area contributed by atoms with Crippen molar-refractivity contribution in [3.8, 4) is 0 Å². The predicted molar refractivity (Wildman–Crippen MR) is 97.9 cm³/mol. The minimum atomic E-state index is -1.73. The summed E-state index contributed by atoms with van der Waals surface area (Å²) in [5.74, 6) is 0.911. The first-order chi connectivity index (χ1) is 10.2. The summed E-state index contributed by atoms with van der Waals surface area (Å²) in [6.45, 7) is 14.0. The van der Waals surface area contributed by atoms with E-state index in [1.54, 1.807) is 0 Å². The zero-order valence-electron chi connectivity index (χ0n) is 14.6. The molecule has 1 aliphatic rings. The fourth-order valence-corrected chi connectivity index (χ4v) is 3.19.